The van der Waals surface area contributed by atoms with Crippen LogP contribution in [0, 0.1) is 29.1 Å². The maximum Gasteiger partial charge on any atom is 0.200 e. The van der Waals surface area contributed by atoms with Crippen LogP contribution in [0.2, 0.25) is 0 Å². The quantitative estimate of drug-likeness (QED) is 0.326. The van der Waals surface area contributed by atoms with E-state index in [0.717, 1.165) is 6.21 Å². The molecule has 8 heteroatoms. The zero-order valence-electron chi connectivity index (χ0n) is 11.7. The molecule has 24 heavy (non-hydrogen) atoms. The number of nitrogens with zero attached hydrogens (tertiary/aromatic N) is 2. The van der Waals surface area contributed by atoms with E-state index >= 15 is 0 Å². The van der Waals surface area contributed by atoms with Gasteiger partial charge in [0.15, 0.2) is 23.3 Å². The number of benzene rings is 2. The van der Waals surface area contributed by atoms with Crippen molar-refractivity contribution in [2.45, 2.75) is 0 Å². The van der Waals surface area contributed by atoms with Crippen molar-refractivity contribution in [3.05, 3.63) is 65.1 Å². The molecule has 0 aliphatic carbocycles. The van der Waals surface area contributed by atoms with Crippen LogP contribution in [0.1, 0.15) is 5.69 Å². The van der Waals surface area contributed by atoms with Gasteiger partial charge < -0.3 is 5.11 Å². The summed E-state index contributed by atoms with van der Waals surface area (Å²) in [6.07, 6.45) is 0.837. The molecule has 0 saturated carbocycles. The predicted octanol–water partition coefficient (Wildman–Crippen LogP) is 4.39. The minimum Gasteiger partial charge on any atom is -0.506 e. The highest BCUT2D eigenvalue weighted by atomic mass is 19.2. The van der Waals surface area contributed by atoms with Crippen LogP contribution in [0.15, 0.2) is 35.3 Å². The first-order valence-corrected chi connectivity index (χ1v) is 6.54. The summed E-state index contributed by atoms with van der Waals surface area (Å²) < 4.78 is 66.2. The second-order valence-electron chi connectivity index (χ2n) is 4.76. The number of pyridine rings is 1. The summed E-state index contributed by atoms with van der Waals surface area (Å²) >= 11 is 0. The Morgan fingerprint density at radius 1 is 0.833 bits per heavy atom. The van der Waals surface area contributed by atoms with Gasteiger partial charge >= 0.3 is 0 Å². The summed E-state index contributed by atoms with van der Waals surface area (Å²) in [5, 5.41) is 10.3. The Hall–Kier alpha value is -3.03. The lowest BCUT2D eigenvalue weighted by atomic mass is 10.2. The Kier molecular flexibility index (Phi) is 3.88. The molecular weight excluding hydrogens is 331 g/mol. The summed E-state index contributed by atoms with van der Waals surface area (Å²) in [5.41, 5.74) is -1.04. The summed E-state index contributed by atoms with van der Waals surface area (Å²) in [7, 11) is 0. The standard InChI is InChI=1S/C16H7F5N2O/c17-10-11(18)13(20)16(14(21)12(10)19)22-6-8-5-4-7-2-1-3-9(24)15(7)23-8/h1-6,24H. The van der Waals surface area contributed by atoms with Crippen molar-refractivity contribution in [1.29, 1.82) is 0 Å². The summed E-state index contributed by atoms with van der Waals surface area (Å²) in [4.78, 5) is 7.31. The SMILES string of the molecule is Oc1cccc2ccc(C=Nc3c(F)c(F)c(F)c(F)c3F)nc12. The number of hydrogen-bond donors (Lipinski definition) is 1. The topological polar surface area (TPSA) is 45.5 Å². The number of phenolic OH excluding ortho intramolecular Hbond substituents is 1. The molecule has 0 radical (unpaired) electrons. The van der Waals surface area contributed by atoms with E-state index < -0.39 is 34.8 Å². The molecule has 2 aromatic carbocycles. The summed E-state index contributed by atoms with van der Waals surface area (Å²) in [6, 6.07) is 7.63. The van der Waals surface area contributed by atoms with Crippen molar-refractivity contribution in [3.63, 3.8) is 0 Å². The number of para-hydroxylation sites is 1. The average molecular weight is 338 g/mol. The van der Waals surface area contributed by atoms with E-state index in [1.165, 1.54) is 12.1 Å². The third kappa shape index (κ3) is 2.55. The van der Waals surface area contributed by atoms with E-state index in [1.807, 2.05) is 0 Å². The molecule has 0 amide bonds. The smallest absolute Gasteiger partial charge is 0.200 e. The third-order valence-corrected chi connectivity index (χ3v) is 3.23. The van der Waals surface area contributed by atoms with Gasteiger partial charge in [0, 0.05) is 5.39 Å². The van der Waals surface area contributed by atoms with Crippen molar-refractivity contribution in [2.24, 2.45) is 4.99 Å². The molecule has 1 N–H and O–H groups in total. The van der Waals surface area contributed by atoms with Crippen molar-refractivity contribution < 1.29 is 27.1 Å². The van der Waals surface area contributed by atoms with Gasteiger partial charge in [-0.05, 0) is 12.1 Å². The molecule has 0 saturated heterocycles. The van der Waals surface area contributed by atoms with Gasteiger partial charge in [0.1, 0.15) is 17.0 Å². The lowest BCUT2D eigenvalue weighted by Gasteiger charge is -2.04. The molecule has 3 nitrogen and oxygen atoms in total. The lowest BCUT2D eigenvalue weighted by Crippen LogP contribution is -2.01. The molecular formula is C16H7F5N2O. The molecule has 0 atom stereocenters. The largest absolute Gasteiger partial charge is 0.506 e. The first kappa shape index (κ1) is 15.9. The molecule has 0 unspecified atom stereocenters. The van der Waals surface area contributed by atoms with E-state index in [4.69, 9.17) is 0 Å². The fourth-order valence-electron chi connectivity index (χ4n) is 2.06. The van der Waals surface area contributed by atoms with Crippen molar-refractivity contribution >= 4 is 22.8 Å². The Bertz CT molecular complexity index is 959. The van der Waals surface area contributed by atoms with Gasteiger partial charge in [-0.25, -0.2) is 31.9 Å². The molecule has 3 rings (SSSR count). The fraction of sp³-hybridized carbons (Fsp3) is 0. The number of aromatic nitrogens is 1. The summed E-state index contributed by atoms with van der Waals surface area (Å²) in [5.74, 6) is -10.6. The van der Waals surface area contributed by atoms with Gasteiger partial charge in [-0.15, -0.1) is 0 Å². The van der Waals surface area contributed by atoms with Crippen molar-refractivity contribution in [2.75, 3.05) is 0 Å². The highest BCUT2D eigenvalue weighted by Gasteiger charge is 2.25. The van der Waals surface area contributed by atoms with Gasteiger partial charge in [-0.2, -0.15) is 0 Å². The Morgan fingerprint density at radius 2 is 1.46 bits per heavy atom. The minimum absolute atomic E-state index is 0.0629. The second-order valence-corrected chi connectivity index (χ2v) is 4.76. The van der Waals surface area contributed by atoms with E-state index in [-0.39, 0.29) is 17.0 Å². The van der Waals surface area contributed by atoms with E-state index in [9.17, 15) is 27.1 Å². The maximum atomic E-state index is 13.5. The van der Waals surface area contributed by atoms with Crippen LogP contribution in [0.3, 0.4) is 0 Å². The van der Waals surface area contributed by atoms with E-state index in [0.29, 0.717) is 5.39 Å². The van der Waals surface area contributed by atoms with Gasteiger partial charge in [0.05, 0.1) is 11.9 Å². The maximum absolute atomic E-state index is 13.5. The van der Waals surface area contributed by atoms with Crippen LogP contribution in [-0.4, -0.2) is 16.3 Å². The number of aromatic hydroxyl groups is 1. The van der Waals surface area contributed by atoms with E-state index in [1.54, 1.807) is 18.2 Å². The van der Waals surface area contributed by atoms with Gasteiger partial charge in [0.2, 0.25) is 5.82 Å². The number of halogens is 5. The normalized spacial score (nSPS) is 11.5. The van der Waals surface area contributed by atoms with Crippen LogP contribution < -0.4 is 0 Å². The van der Waals surface area contributed by atoms with Gasteiger partial charge in [0.25, 0.3) is 0 Å². The number of fused-ring (bicyclic) bond motifs is 1. The zero-order chi connectivity index (χ0) is 17.4. The molecule has 1 heterocycles. The average Bonchev–Trinajstić information content (AvgIpc) is 2.59. The van der Waals surface area contributed by atoms with Crippen LogP contribution in [-0.2, 0) is 0 Å². The Morgan fingerprint density at radius 3 is 2.12 bits per heavy atom. The molecule has 122 valence electrons. The predicted molar refractivity (Wildman–Crippen MR) is 76.9 cm³/mol. The lowest BCUT2D eigenvalue weighted by molar-refractivity contribution is 0.381. The Balaban J connectivity index is 2.08. The monoisotopic (exact) mass is 338 g/mol. The number of phenols is 1. The first-order valence-electron chi connectivity index (χ1n) is 6.54. The van der Waals surface area contributed by atoms with Crippen LogP contribution in [0.5, 0.6) is 5.75 Å². The van der Waals surface area contributed by atoms with Crippen LogP contribution >= 0.6 is 0 Å². The van der Waals surface area contributed by atoms with E-state index in [2.05, 4.69) is 9.98 Å². The van der Waals surface area contributed by atoms with Gasteiger partial charge in [-0.1, -0.05) is 18.2 Å². The number of hydrogen-bond acceptors (Lipinski definition) is 3. The third-order valence-electron chi connectivity index (χ3n) is 3.23. The molecule has 3 aromatic rings. The van der Waals surface area contributed by atoms with Crippen LogP contribution in [0.4, 0.5) is 27.6 Å². The van der Waals surface area contributed by atoms with Crippen LogP contribution in [0.25, 0.3) is 10.9 Å². The molecule has 1 aromatic heterocycles. The van der Waals surface area contributed by atoms with Gasteiger partial charge in [-0.3, -0.25) is 0 Å². The molecule has 0 aliphatic heterocycles. The zero-order valence-corrected chi connectivity index (χ0v) is 11.7. The molecule has 0 bridgehead atoms. The summed E-state index contributed by atoms with van der Waals surface area (Å²) in [6.45, 7) is 0. The fourth-order valence-corrected chi connectivity index (χ4v) is 2.06. The molecule has 0 fully saturated rings. The minimum atomic E-state index is -2.25. The van der Waals surface area contributed by atoms with Crippen molar-refractivity contribution in [3.8, 4) is 5.75 Å². The Labute approximate surface area is 131 Å². The van der Waals surface area contributed by atoms with Crippen molar-refractivity contribution in [1.82, 2.24) is 4.98 Å². The second kappa shape index (κ2) is 5.88. The number of rotatable bonds is 2. The molecule has 0 aliphatic rings. The molecule has 0 spiro atoms. The number of aliphatic imine (C=N–C) groups is 1. The highest BCUT2D eigenvalue weighted by Crippen LogP contribution is 2.29. The first-order chi connectivity index (χ1) is 11.4. The highest BCUT2D eigenvalue weighted by molar-refractivity contribution is 5.89.